The summed E-state index contributed by atoms with van der Waals surface area (Å²) in [5.41, 5.74) is 2.10. The number of piperazine rings is 1. The lowest BCUT2D eigenvalue weighted by molar-refractivity contribution is -0.377. The van der Waals surface area contributed by atoms with Crippen LogP contribution in [0.25, 0.3) is 0 Å². The Hall–Kier alpha value is -2.89. The molecular weight excluding hydrogens is 316 g/mol. The number of rotatable bonds is 5. The molecule has 6 nitrogen and oxygen atoms in total. The second-order valence-electron chi connectivity index (χ2n) is 6.07. The minimum absolute atomic E-state index is 0.0255. The summed E-state index contributed by atoms with van der Waals surface area (Å²) in [6, 6.07) is 13.6. The number of hydrogen-bond acceptors (Lipinski definition) is 3. The third kappa shape index (κ3) is 4.79. The first-order valence-corrected chi connectivity index (χ1v) is 8.52. The first-order valence-electron chi connectivity index (χ1n) is 8.52. The van der Waals surface area contributed by atoms with Crippen LogP contribution < -0.4 is 15.2 Å². The number of hydrogen-bond donors (Lipinski definition) is 1. The number of H-pyrrole nitrogens is 1. The third-order valence-electron chi connectivity index (χ3n) is 4.34. The zero-order valence-corrected chi connectivity index (χ0v) is 14.1. The smallest absolute Gasteiger partial charge is 0.242 e. The number of carbonyl (C=O) groups is 2. The van der Waals surface area contributed by atoms with Gasteiger partial charge in [0.25, 0.3) is 0 Å². The maximum Gasteiger partial charge on any atom is 0.242 e. The van der Waals surface area contributed by atoms with E-state index in [0.717, 1.165) is 24.3 Å². The molecule has 0 atom stereocenters. The van der Waals surface area contributed by atoms with Crippen molar-refractivity contribution in [2.75, 3.05) is 37.6 Å². The lowest BCUT2D eigenvalue weighted by Crippen LogP contribution is -2.51. The van der Waals surface area contributed by atoms with Crippen LogP contribution >= 0.6 is 0 Å². The summed E-state index contributed by atoms with van der Waals surface area (Å²) in [4.78, 5) is 31.3. The maximum absolute atomic E-state index is 12.3. The molecule has 0 radical (unpaired) electrons. The molecule has 1 aliphatic rings. The van der Waals surface area contributed by atoms with Crippen LogP contribution in [0.3, 0.4) is 0 Å². The molecule has 2 N–H and O–H groups in total. The van der Waals surface area contributed by atoms with Gasteiger partial charge in [-0.15, -0.1) is 0 Å². The van der Waals surface area contributed by atoms with Gasteiger partial charge in [-0.2, -0.15) is 0 Å². The zero-order chi connectivity index (χ0) is 17.5. The summed E-state index contributed by atoms with van der Waals surface area (Å²) >= 11 is 0. The quantitative estimate of drug-likeness (QED) is 0.863. The summed E-state index contributed by atoms with van der Waals surface area (Å²) in [5.74, 6) is -0.152. The third-order valence-corrected chi connectivity index (χ3v) is 4.34. The Kier molecular flexibility index (Phi) is 5.61. The molecule has 130 valence electrons. The molecule has 1 saturated heterocycles. The van der Waals surface area contributed by atoms with Gasteiger partial charge in [-0.1, -0.05) is 30.3 Å². The summed E-state index contributed by atoms with van der Waals surface area (Å²) in [6.45, 7) is 3.01. The fraction of sp³-hybridized carbons (Fsp3) is 0.316. The molecule has 2 aromatic rings. The Labute approximate surface area is 147 Å². The van der Waals surface area contributed by atoms with Crippen molar-refractivity contribution in [1.82, 2.24) is 10.2 Å². The van der Waals surface area contributed by atoms with E-state index >= 15 is 0 Å². The molecule has 1 fully saturated rings. The van der Waals surface area contributed by atoms with Crippen LogP contribution in [-0.4, -0.2) is 49.4 Å². The number of nitrogens with one attached hydrogen (secondary N) is 2. The Morgan fingerprint density at radius 1 is 0.960 bits per heavy atom. The van der Waals surface area contributed by atoms with Gasteiger partial charge in [0.2, 0.25) is 11.8 Å². The highest BCUT2D eigenvalue weighted by Gasteiger charge is 2.21. The standard InChI is InChI=1S/C19H22N4O2/c24-18(14-16-4-2-1-3-5-16)21-15-19(25)23-12-10-22(11-13-23)17-6-8-20-9-7-17/h1-9H,10-15H2,(H,21,24)/p+1. The normalized spacial score (nSPS) is 14.2. The van der Waals surface area contributed by atoms with Crippen LogP contribution in [0, 0.1) is 0 Å². The summed E-state index contributed by atoms with van der Waals surface area (Å²) < 4.78 is 0. The molecule has 1 aromatic carbocycles. The number of anilines is 1. The predicted molar refractivity (Wildman–Crippen MR) is 94.9 cm³/mol. The van der Waals surface area contributed by atoms with Crippen molar-refractivity contribution >= 4 is 17.5 Å². The van der Waals surface area contributed by atoms with Gasteiger partial charge in [-0.3, -0.25) is 9.59 Å². The minimum Gasteiger partial charge on any atom is -0.368 e. The Bertz CT molecular complexity index is 698. The molecule has 0 saturated carbocycles. The van der Waals surface area contributed by atoms with Gasteiger partial charge < -0.3 is 15.1 Å². The van der Waals surface area contributed by atoms with Gasteiger partial charge in [-0.05, 0) is 5.56 Å². The number of benzene rings is 1. The van der Waals surface area contributed by atoms with Gasteiger partial charge in [0.05, 0.1) is 13.0 Å². The average molecular weight is 339 g/mol. The second kappa shape index (κ2) is 8.28. The molecule has 3 rings (SSSR count). The lowest BCUT2D eigenvalue weighted by Gasteiger charge is -2.35. The number of carbonyl (C=O) groups excluding carboxylic acids is 2. The first kappa shape index (κ1) is 17.0. The van der Waals surface area contributed by atoms with E-state index in [9.17, 15) is 9.59 Å². The lowest BCUT2D eigenvalue weighted by atomic mass is 10.1. The van der Waals surface area contributed by atoms with Gasteiger partial charge in [-0.25, -0.2) is 4.98 Å². The van der Waals surface area contributed by atoms with Crippen molar-refractivity contribution in [1.29, 1.82) is 0 Å². The van der Waals surface area contributed by atoms with E-state index in [-0.39, 0.29) is 18.4 Å². The fourth-order valence-corrected chi connectivity index (χ4v) is 2.93. The van der Waals surface area contributed by atoms with Crippen molar-refractivity contribution in [3.8, 4) is 0 Å². The topological polar surface area (TPSA) is 66.8 Å². The molecule has 6 heteroatoms. The van der Waals surface area contributed by atoms with E-state index in [2.05, 4.69) is 15.2 Å². The van der Waals surface area contributed by atoms with Crippen molar-refractivity contribution in [2.45, 2.75) is 6.42 Å². The molecule has 2 heterocycles. The van der Waals surface area contributed by atoms with E-state index in [1.165, 1.54) is 0 Å². The first-order chi connectivity index (χ1) is 12.2. The van der Waals surface area contributed by atoms with Crippen molar-refractivity contribution in [2.24, 2.45) is 0 Å². The van der Waals surface area contributed by atoms with Crippen LogP contribution in [-0.2, 0) is 16.0 Å². The van der Waals surface area contributed by atoms with Crippen LogP contribution in [0.4, 0.5) is 5.69 Å². The van der Waals surface area contributed by atoms with Gasteiger partial charge >= 0.3 is 0 Å². The monoisotopic (exact) mass is 339 g/mol. The van der Waals surface area contributed by atoms with E-state index in [1.54, 1.807) is 0 Å². The van der Waals surface area contributed by atoms with E-state index < -0.39 is 0 Å². The van der Waals surface area contributed by atoms with Crippen LogP contribution in [0.15, 0.2) is 54.9 Å². The minimum atomic E-state index is -0.126. The van der Waals surface area contributed by atoms with Crippen molar-refractivity contribution in [3.63, 3.8) is 0 Å². The van der Waals surface area contributed by atoms with Crippen LogP contribution in [0.2, 0.25) is 0 Å². The molecule has 0 spiro atoms. The van der Waals surface area contributed by atoms with E-state index in [0.29, 0.717) is 19.5 Å². The Balaban J connectivity index is 1.41. The zero-order valence-electron chi connectivity index (χ0n) is 14.1. The number of aromatic amines is 1. The van der Waals surface area contributed by atoms with Crippen molar-refractivity contribution in [3.05, 3.63) is 60.4 Å². The van der Waals surface area contributed by atoms with Crippen LogP contribution in [0.5, 0.6) is 0 Å². The van der Waals surface area contributed by atoms with E-state index in [4.69, 9.17) is 0 Å². The highest BCUT2D eigenvalue weighted by atomic mass is 16.2. The molecule has 2 amide bonds. The van der Waals surface area contributed by atoms with Gasteiger partial charge in [0.15, 0.2) is 12.4 Å². The molecule has 1 aromatic heterocycles. The molecule has 0 unspecified atom stereocenters. The molecule has 0 aliphatic carbocycles. The highest BCUT2D eigenvalue weighted by molar-refractivity contribution is 5.85. The summed E-state index contributed by atoms with van der Waals surface area (Å²) in [7, 11) is 0. The number of pyridine rings is 1. The summed E-state index contributed by atoms with van der Waals surface area (Å²) in [6.07, 6.45) is 4.09. The number of nitrogens with zero attached hydrogens (tertiary/aromatic N) is 2. The largest absolute Gasteiger partial charge is 0.368 e. The van der Waals surface area contributed by atoms with Crippen molar-refractivity contribution < 1.29 is 14.6 Å². The van der Waals surface area contributed by atoms with Gasteiger partial charge in [0, 0.05) is 44.0 Å². The SMILES string of the molecule is O=C(Cc1ccccc1)NCC(=O)N1CCN(c2cc[nH+]cc2)CC1. The Morgan fingerprint density at radius 3 is 2.32 bits per heavy atom. The molecule has 0 bridgehead atoms. The fourth-order valence-electron chi connectivity index (χ4n) is 2.93. The maximum atomic E-state index is 12.3. The van der Waals surface area contributed by atoms with E-state index in [1.807, 2.05) is 59.8 Å². The highest BCUT2D eigenvalue weighted by Crippen LogP contribution is 2.13. The summed E-state index contributed by atoms with van der Waals surface area (Å²) in [5, 5.41) is 2.72. The molecule has 1 aliphatic heterocycles. The number of amides is 2. The number of aromatic nitrogens is 1. The molecular formula is C19H23N4O2+. The van der Waals surface area contributed by atoms with Crippen LogP contribution in [0.1, 0.15) is 5.56 Å². The van der Waals surface area contributed by atoms with Gasteiger partial charge in [0.1, 0.15) is 0 Å². The average Bonchev–Trinajstić information content (AvgIpc) is 2.68. The Morgan fingerprint density at radius 2 is 1.64 bits per heavy atom. The molecule has 25 heavy (non-hydrogen) atoms. The second-order valence-corrected chi connectivity index (χ2v) is 6.07. The predicted octanol–water partition coefficient (Wildman–Crippen LogP) is 0.508.